The summed E-state index contributed by atoms with van der Waals surface area (Å²) in [6.45, 7) is 1.53. The third-order valence-electron chi connectivity index (χ3n) is 6.96. The van der Waals surface area contributed by atoms with Crippen molar-refractivity contribution in [3.8, 4) is 0 Å². The molecule has 2 aliphatic rings. The molecular formula is C27H28N6O10P2-2. The van der Waals surface area contributed by atoms with Gasteiger partial charge in [-0.25, -0.2) is 19.7 Å². The van der Waals surface area contributed by atoms with E-state index in [0.717, 1.165) is 0 Å². The average molecular weight is 659 g/mol. The number of imidazole rings is 1. The summed E-state index contributed by atoms with van der Waals surface area (Å²) < 4.78 is 54.8. The first-order valence-electron chi connectivity index (χ1n) is 13.9. The lowest BCUT2D eigenvalue weighted by Gasteiger charge is -2.32. The van der Waals surface area contributed by atoms with E-state index in [9.17, 15) is 23.7 Å². The van der Waals surface area contributed by atoms with Crippen LogP contribution < -0.4 is 20.4 Å². The Balaban J connectivity index is 1.22. The van der Waals surface area contributed by atoms with Gasteiger partial charge in [0.2, 0.25) is 0 Å². The zero-order valence-corrected chi connectivity index (χ0v) is 25.5. The molecule has 2 N–H and O–H groups in total. The van der Waals surface area contributed by atoms with Gasteiger partial charge in [-0.3, -0.25) is 18.8 Å². The second kappa shape index (κ2) is 13.0. The second-order valence-corrected chi connectivity index (χ2v) is 13.5. The normalized spacial score (nSPS) is 25.4. The fourth-order valence-corrected chi connectivity index (χ4v) is 7.70. The standard InChI is InChI=1S/C27H30N6O10P2/c1-2-28-27(34)32-23-20-24(30-15-29-23)33(16-31-20)25-22-21(41-26(42-22)18-11-7-4-8-12-18)19(40-25)13-39-45(37,38)43-44(35,36)14-17-9-5-3-6-10-17/h3-12,15-16,19,21-22,25-26H,2,13-14H2,1H3,(H,35,36)(H,37,38)(H2,28,29,30,32,34)/p-2/t19-,21?,22?,25-,26-/m1/s1. The molecule has 238 valence electrons. The van der Waals surface area contributed by atoms with Crippen LogP contribution in [0, 0.1) is 0 Å². The minimum Gasteiger partial charge on any atom is -0.778 e. The number of rotatable bonds is 11. The third kappa shape index (κ3) is 7.15. The fourth-order valence-electron chi connectivity index (χ4n) is 5.08. The molecule has 0 aliphatic carbocycles. The number of nitrogens with zero attached hydrogens (tertiary/aromatic N) is 4. The van der Waals surface area contributed by atoms with E-state index in [1.165, 1.54) is 24.8 Å². The van der Waals surface area contributed by atoms with Crippen LogP contribution in [-0.4, -0.2) is 57.0 Å². The lowest BCUT2D eigenvalue weighted by atomic mass is 10.1. The van der Waals surface area contributed by atoms with E-state index in [-0.39, 0.29) is 11.3 Å². The summed E-state index contributed by atoms with van der Waals surface area (Å²) in [5.74, 6) is 0.159. The molecule has 6 rings (SSSR count). The number of anilines is 1. The first-order valence-corrected chi connectivity index (χ1v) is 17.1. The average Bonchev–Trinajstić information content (AvgIpc) is 3.71. The van der Waals surface area contributed by atoms with Crippen molar-refractivity contribution in [1.82, 2.24) is 24.8 Å². The number of carbonyl (C=O) groups is 1. The van der Waals surface area contributed by atoms with E-state index in [1.807, 2.05) is 30.3 Å². The van der Waals surface area contributed by atoms with E-state index in [1.54, 1.807) is 29.7 Å². The van der Waals surface area contributed by atoms with E-state index in [4.69, 9.17) is 18.7 Å². The fraction of sp³-hybridized carbons (Fsp3) is 0.333. The highest BCUT2D eigenvalue weighted by molar-refractivity contribution is 7.62. The molecule has 2 amide bonds. The molecule has 2 fully saturated rings. The Kier molecular flexibility index (Phi) is 9.11. The number of fused-ring (bicyclic) bond motifs is 2. The summed E-state index contributed by atoms with van der Waals surface area (Å²) >= 11 is 0. The monoisotopic (exact) mass is 658 g/mol. The van der Waals surface area contributed by atoms with Crippen LogP contribution in [0.25, 0.3) is 11.2 Å². The van der Waals surface area contributed by atoms with Crippen molar-refractivity contribution in [2.45, 2.75) is 43.9 Å². The van der Waals surface area contributed by atoms with Crippen LogP contribution in [-0.2, 0) is 38.3 Å². The number of carbonyl (C=O) groups excluding carboxylic acids is 1. The largest absolute Gasteiger partial charge is 0.778 e. The predicted molar refractivity (Wildman–Crippen MR) is 153 cm³/mol. The zero-order chi connectivity index (χ0) is 31.6. The number of amides is 2. The third-order valence-corrected chi connectivity index (χ3v) is 9.97. The number of nitrogens with one attached hydrogen (secondary N) is 2. The van der Waals surface area contributed by atoms with Crippen molar-refractivity contribution in [3.05, 3.63) is 84.4 Å². The molecule has 2 aromatic carbocycles. The zero-order valence-electron chi connectivity index (χ0n) is 23.7. The minimum absolute atomic E-state index is 0.159. The van der Waals surface area contributed by atoms with Crippen LogP contribution in [0.15, 0.2) is 73.3 Å². The summed E-state index contributed by atoms with van der Waals surface area (Å²) in [6.07, 6.45) is -2.43. The summed E-state index contributed by atoms with van der Waals surface area (Å²) in [6, 6.07) is 16.6. The van der Waals surface area contributed by atoms with E-state index < -0.39 is 65.0 Å². The number of hydrogen-bond acceptors (Lipinski definition) is 13. The molecular weight excluding hydrogens is 630 g/mol. The Morgan fingerprint density at radius 1 is 0.978 bits per heavy atom. The Morgan fingerprint density at radius 2 is 1.69 bits per heavy atom. The van der Waals surface area contributed by atoms with Crippen molar-refractivity contribution in [3.63, 3.8) is 0 Å². The van der Waals surface area contributed by atoms with Gasteiger partial charge < -0.3 is 38.4 Å². The van der Waals surface area contributed by atoms with Gasteiger partial charge in [0.05, 0.1) is 12.9 Å². The smallest absolute Gasteiger partial charge is 0.320 e. The Labute approximate surface area is 256 Å². The lowest BCUT2D eigenvalue weighted by molar-refractivity contribution is -0.235. The van der Waals surface area contributed by atoms with Crippen LogP contribution in [0.5, 0.6) is 0 Å². The molecule has 4 heterocycles. The SMILES string of the molecule is CCNC(=O)Nc1ncnc2c1ncn2[C@@H]1O[C@H](COP(=O)([O-])OP(=O)([O-])Cc2ccccc2)C2O[C@@H](c3ccccc3)OC21. The molecule has 16 nitrogen and oxygen atoms in total. The Hall–Kier alpha value is -3.56. The first-order chi connectivity index (χ1) is 21.6. The van der Waals surface area contributed by atoms with Gasteiger partial charge in [-0.2, -0.15) is 0 Å². The summed E-state index contributed by atoms with van der Waals surface area (Å²) in [5.41, 5.74) is 1.62. The summed E-state index contributed by atoms with van der Waals surface area (Å²) in [4.78, 5) is 50.0. The van der Waals surface area contributed by atoms with Crippen LogP contribution in [0.3, 0.4) is 0 Å². The number of phosphoric acid groups is 1. The van der Waals surface area contributed by atoms with E-state index in [0.29, 0.717) is 23.3 Å². The van der Waals surface area contributed by atoms with Gasteiger partial charge in [-0.15, -0.1) is 0 Å². The maximum absolute atomic E-state index is 12.6. The topological polar surface area (TPSA) is 211 Å². The van der Waals surface area contributed by atoms with E-state index in [2.05, 4.69) is 29.9 Å². The number of phosphoric ester groups is 1. The predicted octanol–water partition coefficient (Wildman–Crippen LogP) is 2.60. The molecule has 4 aromatic rings. The second-order valence-electron chi connectivity index (χ2n) is 10.1. The molecule has 0 spiro atoms. The molecule has 0 saturated carbocycles. The molecule has 2 saturated heterocycles. The molecule has 7 atom stereocenters. The van der Waals surface area contributed by atoms with Crippen LogP contribution in [0.1, 0.15) is 30.6 Å². The molecule has 2 aromatic heterocycles. The molecule has 45 heavy (non-hydrogen) atoms. The highest BCUT2D eigenvalue weighted by atomic mass is 31.3. The Bertz CT molecular complexity index is 1750. The van der Waals surface area contributed by atoms with Gasteiger partial charge in [0, 0.05) is 18.3 Å². The van der Waals surface area contributed by atoms with Crippen LogP contribution in [0.4, 0.5) is 10.6 Å². The number of aromatic nitrogens is 4. The van der Waals surface area contributed by atoms with Gasteiger partial charge in [0.15, 0.2) is 29.5 Å². The van der Waals surface area contributed by atoms with Crippen molar-refractivity contribution < 1.29 is 46.8 Å². The highest BCUT2D eigenvalue weighted by Crippen LogP contribution is 2.57. The van der Waals surface area contributed by atoms with Crippen molar-refractivity contribution >= 4 is 38.4 Å². The van der Waals surface area contributed by atoms with Crippen LogP contribution in [0.2, 0.25) is 0 Å². The maximum atomic E-state index is 12.6. The molecule has 2 aliphatic heterocycles. The Morgan fingerprint density at radius 3 is 2.42 bits per heavy atom. The molecule has 0 radical (unpaired) electrons. The van der Waals surface area contributed by atoms with E-state index >= 15 is 0 Å². The highest BCUT2D eigenvalue weighted by Gasteiger charge is 2.54. The van der Waals surface area contributed by atoms with Crippen LogP contribution >= 0.6 is 15.4 Å². The van der Waals surface area contributed by atoms with Gasteiger partial charge in [0.25, 0.3) is 7.82 Å². The quantitative estimate of drug-likeness (QED) is 0.222. The van der Waals surface area contributed by atoms with Gasteiger partial charge >= 0.3 is 6.03 Å². The first kappa shape index (κ1) is 31.4. The lowest BCUT2D eigenvalue weighted by Crippen LogP contribution is -2.32. The van der Waals surface area contributed by atoms with Crippen molar-refractivity contribution in [2.24, 2.45) is 0 Å². The number of benzene rings is 2. The van der Waals surface area contributed by atoms with Crippen molar-refractivity contribution in [1.29, 1.82) is 0 Å². The molecule has 4 unspecified atom stereocenters. The number of ether oxygens (including phenoxy) is 3. The number of hydrogen-bond donors (Lipinski definition) is 2. The number of urea groups is 1. The summed E-state index contributed by atoms with van der Waals surface area (Å²) in [5, 5.41) is 5.24. The van der Waals surface area contributed by atoms with Gasteiger partial charge in [-0.05, 0) is 12.5 Å². The minimum atomic E-state index is -5.35. The molecule has 0 bridgehead atoms. The molecule has 18 heteroatoms. The maximum Gasteiger partial charge on any atom is 0.320 e. The summed E-state index contributed by atoms with van der Waals surface area (Å²) in [7, 11) is -10.2. The van der Waals surface area contributed by atoms with Gasteiger partial charge in [-0.1, -0.05) is 60.7 Å². The van der Waals surface area contributed by atoms with Crippen molar-refractivity contribution in [2.75, 3.05) is 18.5 Å². The van der Waals surface area contributed by atoms with Gasteiger partial charge in [0.1, 0.15) is 32.2 Å².